The molecule has 1 aliphatic heterocycles. The first-order chi connectivity index (χ1) is 16.6. The Balaban J connectivity index is 1.11. The van der Waals surface area contributed by atoms with E-state index in [1.807, 2.05) is 22.4 Å². The molecule has 5 nitrogen and oxygen atoms in total. The Hall–Kier alpha value is -2.99. The highest BCUT2D eigenvalue weighted by molar-refractivity contribution is 7.07. The monoisotopic (exact) mass is 473 g/mol. The van der Waals surface area contributed by atoms with Crippen molar-refractivity contribution in [1.29, 1.82) is 0 Å². The van der Waals surface area contributed by atoms with Crippen LogP contribution >= 0.6 is 11.3 Å². The summed E-state index contributed by atoms with van der Waals surface area (Å²) in [6.07, 6.45) is 4.05. The summed E-state index contributed by atoms with van der Waals surface area (Å²) < 4.78 is 0. The summed E-state index contributed by atoms with van der Waals surface area (Å²) in [5, 5.41) is 5.16. The lowest BCUT2D eigenvalue weighted by molar-refractivity contribution is -0.132. The van der Waals surface area contributed by atoms with E-state index in [1.54, 1.807) is 5.51 Å². The van der Waals surface area contributed by atoms with Crippen molar-refractivity contribution in [2.24, 2.45) is 11.3 Å². The van der Waals surface area contributed by atoms with Gasteiger partial charge in [-0.2, -0.15) is 0 Å². The van der Waals surface area contributed by atoms with Gasteiger partial charge in [-0.15, -0.1) is 11.3 Å². The summed E-state index contributed by atoms with van der Waals surface area (Å²) in [7, 11) is 0. The Bertz CT molecular complexity index is 1050. The van der Waals surface area contributed by atoms with Crippen LogP contribution in [0.5, 0.6) is 0 Å². The van der Waals surface area contributed by atoms with Crippen LogP contribution in [-0.4, -0.2) is 41.3 Å². The average molecular weight is 474 g/mol. The molecular formula is C28H31N3O2S. The van der Waals surface area contributed by atoms with Crippen molar-refractivity contribution in [1.82, 2.24) is 15.2 Å². The molecule has 2 heterocycles. The van der Waals surface area contributed by atoms with E-state index in [0.29, 0.717) is 13.0 Å². The molecule has 5 rings (SSSR count). The Labute approximate surface area is 205 Å². The van der Waals surface area contributed by atoms with Crippen molar-refractivity contribution in [3.8, 4) is 0 Å². The van der Waals surface area contributed by atoms with Gasteiger partial charge in [-0.3, -0.25) is 9.59 Å². The highest BCUT2D eigenvalue weighted by Crippen LogP contribution is 2.59. The topological polar surface area (TPSA) is 62.3 Å². The highest BCUT2D eigenvalue weighted by atomic mass is 32.1. The molecule has 176 valence electrons. The fourth-order valence-electron chi connectivity index (χ4n) is 5.42. The van der Waals surface area contributed by atoms with Crippen molar-refractivity contribution in [3.63, 3.8) is 0 Å². The first-order valence-electron chi connectivity index (χ1n) is 12.2. The van der Waals surface area contributed by atoms with Crippen molar-refractivity contribution >= 4 is 23.2 Å². The molecule has 0 bridgehead atoms. The predicted octanol–water partition coefficient (Wildman–Crippen LogP) is 4.65. The number of thiazole rings is 1. The molecule has 3 aromatic rings. The molecule has 1 aromatic heterocycles. The first-order valence-corrected chi connectivity index (χ1v) is 13.1. The number of hydrogen-bond acceptors (Lipinski definition) is 4. The van der Waals surface area contributed by atoms with Gasteiger partial charge in [-0.25, -0.2) is 4.98 Å². The van der Waals surface area contributed by atoms with Gasteiger partial charge in [0.2, 0.25) is 11.8 Å². The Morgan fingerprint density at radius 1 is 1.03 bits per heavy atom. The standard InChI is InChI=1S/C28H31N3O2S/c32-26(17-23-19-34-20-30-23)31-15-12-28(13-16-31)18-25(28)27(33)29-14-11-24(21-7-3-1-4-8-21)22-9-5-2-6-10-22/h1-10,19-20,24-25H,11-18H2,(H,29,33)/t25-/m0/s1. The van der Waals surface area contributed by atoms with E-state index < -0.39 is 0 Å². The second kappa shape index (κ2) is 10.1. The molecule has 1 atom stereocenters. The van der Waals surface area contributed by atoms with E-state index in [0.717, 1.165) is 44.5 Å². The number of rotatable bonds is 8. The zero-order valence-corrected chi connectivity index (χ0v) is 20.2. The maximum Gasteiger partial charge on any atom is 0.228 e. The normalized spacial score (nSPS) is 18.7. The summed E-state index contributed by atoms with van der Waals surface area (Å²) in [6.45, 7) is 2.16. The molecule has 6 heteroatoms. The van der Waals surface area contributed by atoms with E-state index in [-0.39, 0.29) is 29.1 Å². The minimum atomic E-state index is 0.0928. The largest absolute Gasteiger partial charge is 0.356 e. The van der Waals surface area contributed by atoms with Crippen LogP contribution in [0.1, 0.15) is 48.4 Å². The smallest absolute Gasteiger partial charge is 0.228 e. The summed E-state index contributed by atoms with van der Waals surface area (Å²) >= 11 is 1.52. The molecule has 2 amide bonds. The van der Waals surface area contributed by atoms with Crippen LogP contribution in [0.2, 0.25) is 0 Å². The van der Waals surface area contributed by atoms with Crippen molar-refractivity contribution < 1.29 is 9.59 Å². The molecule has 2 aliphatic rings. The van der Waals surface area contributed by atoms with E-state index in [1.165, 1.54) is 22.5 Å². The third-order valence-corrected chi connectivity index (χ3v) is 8.21. The van der Waals surface area contributed by atoms with E-state index in [9.17, 15) is 9.59 Å². The fourth-order valence-corrected chi connectivity index (χ4v) is 5.98. The Morgan fingerprint density at radius 3 is 2.26 bits per heavy atom. The van der Waals surface area contributed by atoms with Crippen LogP contribution in [0.3, 0.4) is 0 Å². The van der Waals surface area contributed by atoms with Gasteiger partial charge in [0.1, 0.15) is 0 Å². The minimum absolute atomic E-state index is 0.0928. The van der Waals surface area contributed by atoms with Crippen LogP contribution in [0.15, 0.2) is 71.6 Å². The Kier molecular flexibility index (Phi) is 6.77. The number of carbonyl (C=O) groups is 2. The lowest BCUT2D eigenvalue weighted by atomic mass is 9.88. The molecule has 34 heavy (non-hydrogen) atoms. The van der Waals surface area contributed by atoms with Crippen LogP contribution in [0, 0.1) is 11.3 Å². The zero-order chi connectivity index (χ0) is 23.4. The molecule has 1 spiro atoms. The van der Waals surface area contributed by atoms with Gasteiger partial charge in [0, 0.05) is 36.9 Å². The number of amides is 2. The van der Waals surface area contributed by atoms with Gasteiger partial charge < -0.3 is 10.2 Å². The molecule has 0 unspecified atom stereocenters. The van der Waals surface area contributed by atoms with E-state index in [4.69, 9.17) is 0 Å². The maximum absolute atomic E-state index is 13.0. The fraction of sp³-hybridized carbons (Fsp3) is 0.393. The molecule has 2 fully saturated rings. The van der Waals surface area contributed by atoms with Gasteiger partial charge in [-0.05, 0) is 42.2 Å². The number of hydrogen-bond donors (Lipinski definition) is 1. The summed E-state index contributed by atoms with van der Waals surface area (Å²) in [5.74, 6) is 0.690. The number of nitrogens with zero attached hydrogens (tertiary/aromatic N) is 2. The van der Waals surface area contributed by atoms with Crippen LogP contribution in [0.25, 0.3) is 0 Å². The van der Waals surface area contributed by atoms with Crippen LogP contribution in [-0.2, 0) is 16.0 Å². The number of likely N-dealkylation sites (tertiary alicyclic amines) is 1. The van der Waals surface area contributed by atoms with Gasteiger partial charge in [0.25, 0.3) is 0 Å². The molecule has 1 N–H and O–H groups in total. The maximum atomic E-state index is 13.0. The average Bonchev–Trinajstić information content (AvgIpc) is 3.32. The van der Waals surface area contributed by atoms with Gasteiger partial charge in [-0.1, -0.05) is 60.7 Å². The first kappa shape index (κ1) is 22.8. The summed E-state index contributed by atoms with van der Waals surface area (Å²) in [4.78, 5) is 31.7. The lowest BCUT2D eigenvalue weighted by Gasteiger charge is -2.32. The van der Waals surface area contributed by atoms with Crippen molar-refractivity contribution in [3.05, 3.63) is 88.4 Å². The van der Waals surface area contributed by atoms with Gasteiger partial charge in [0.15, 0.2) is 0 Å². The second-order valence-corrected chi connectivity index (χ2v) is 10.3. The molecule has 1 saturated heterocycles. The van der Waals surface area contributed by atoms with Gasteiger partial charge in [0.05, 0.1) is 17.6 Å². The number of benzene rings is 2. The second-order valence-electron chi connectivity index (χ2n) is 9.61. The molecule has 2 aromatic carbocycles. The third-order valence-electron chi connectivity index (χ3n) is 7.57. The van der Waals surface area contributed by atoms with Crippen LogP contribution < -0.4 is 5.32 Å². The minimum Gasteiger partial charge on any atom is -0.356 e. The molecule has 1 aliphatic carbocycles. The van der Waals surface area contributed by atoms with Gasteiger partial charge >= 0.3 is 0 Å². The Morgan fingerprint density at radius 2 is 1.68 bits per heavy atom. The van der Waals surface area contributed by atoms with Crippen molar-refractivity contribution in [2.75, 3.05) is 19.6 Å². The molecular weight excluding hydrogens is 442 g/mol. The van der Waals surface area contributed by atoms with E-state index >= 15 is 0 Å². The quantitative estimate of drug-likeness (QED) is 0.518. The SMILES string of the molecule is O=C(NCCC(c1ccccc1)c1ccccc1)[C@@H]1CC12CCN(C(=O)Cc1cscn1)CC2. The molecule has 1 saturated carbocycles. The third kappa shape index (κ3) is 5.07. The highest BCUT2D eigenvalue weighted by Gasteiger charge is 2.58. The predicted molar refractivity (Wildman–Crippen MR) is 135 cm³/mol. The van der Waals surface area contributed by atoms with Crippen LogP contribution in [0.4, 0.5) is 0 Å². The number of piperidine rings is 1. The zero-order valence-electron chi connectivity index (χ0n) is 19.4. The summed E-state index contributed by atoms with van der Waals surface area (Å²) in [6, 6.07) is 21.0. The number of carbonyl (C=O) groups excluding carboxylic acids is 2. The molecule has 0 radical (unpaired) electrons. The lowest BCUT2D eigenvalue weighted by Crippen LogP contribution is -2.41. The number of aromatic nitrogens is 1. The number of nitrogens with one attached hydrogen (secondary N) is 1. The van der Waals surface area contributed by atoms with E-state index in [2.05, 4.69) is 58.8 Å². The van der Waals surface area contributed by atoms with Crippen molar-refractivity contribution in [2.45, 2.75) is 38.0 Å². The summed E-state index contributed by atoms with van der Waals surface area (Å²) in [5.41, 5.74) is 5.27.